The highest BCUT2D eigenvalue weighted by molar-refractivity contribution is 5.91. The van der Waals surface area contributed by atoms with Gasteiger partial charge in [-0.05, 0) is 47.9 Å². The van der Waals surface area contributed by atoms with Crippen LogP contribution in [0.15, 0.2) is 72.8 Å². The fourth-order valence-corrected chi connectivity index (χ4v) is 2.64. The molecule has 0 saturated heterocycles. The third-order valence-corrected chi connectivity index (χ3v) is 4.13. The highest BCUT2D eigenvalue weighted by Gasteiger charge is 2.15. The molecule has 0 aromatic heterocycles. The molecule has 0 aliphatic rings. The number of benzene rings is 3. The van der Waals surface area contributed by atoms with Crippen LogP contribution >= 0.6 is 0 Å². The number of esters is 1. The summed E-state index contributed by atoms with van der Waals surface area (Å²) in [5, 5.41) is 9.34. The van der Waals surface area contributed by atoms with Gasteiger partial charge in [0.15, 0.2) is 0 Å². The SMILES string of the molecule is CC(C)c1cc(OC(=O)c2ccccc2)cc(Oc2ccccc2C(=O)O)c1. The molecule has 3 aromatic carbocycles. The van der Waals surface area contributed by atoms with Gasteiger partial charge in [-0.3, -0.25) is 0 Å². The molecule has 0 unspecified atom stereocenters. The number of para-hydroxylation sites is 1. The van der Waals surface area contributed by atoms with E-state index >= 15 is 0 Å². The van der Waals surface area contributed by atoms with E-state index in [0.29, 0.717) is 17.1 Å². The van der Waals surface area contributed by atoms with E-state index < -0.39 is 11.9 Å². The monoisotopic (exact) mass is 376 g/mol. The molecule has 5 heteroatoms. The third-order valence-electron chi connectivity index (χ3n) is 4.13. The molecule has 0 atom stereocenters. The highest BCUT2D eigenvalue weighted by atomic mass is 16.5. The van der Waals surface area contributed by atoms with Gasteiger partial charge < -0.3 is 14.6 Å². The number of carboxylic acids is 1. The largest absolute Gasteiger partial charge is 0.478 e. The Morgan fingerprint density at radius 2 is 1.50 bits per heavy atom. The lowest BCUT2D eigenvalue weighted by Crippen LogP contribution is -2.08. The second-order valence-electron chi connectivity index (χ2n) is 6.55. The van der Waals surface area contributed by atoms with E-state index in [1.165, 1.54) is 6.07 Å². The Labute approximate surface area is 163 Å². The maximum Gasteiger partial charge on any atom is 0.343 e. The van der Waals surface area contributed by atoms with Crippen molar-refractivity contribution in [1.29, 1.82) is 0 Å². The summed E-state index contributed by atoms with van der Waals surface area (Å²) in [4.78, 5) is 23.8. The Morgan fingerprint density at radius 1 is 0.857 bits per heavy atom. The van der Waals surface area contributed by atoms with E-state index in [1.54, 1.807) is 54.6 Å². The number of carboxylic acid groups (broad SMARTS) is 1. The quantitative estimate of drug-likeness (QED) is 0.453. The van der Waals surface area contributed by atoms with Crippen molar-refractivity contribution in [2.75, 3.05) is 0 Å². The number of carbonyl (C=O) groups is 2. The zero-order chi connectivity index (χ0) is 20.1. The van der Waals surface area contributed by atoms with Crippen LogP contribution in [0.2, 0.25) is 0 Å². The molecule has 0 aliphatic carbocycles. The van der Waals surface area contributed by atoms with E-state index in [2.05, 4.69) is 0 Å². The summed E-state index contributed by atoms with van der Waals surface area (Å²) in [6, 6.07) is 20.2. The third kappa shape index (κ3) is 4.57. The van der Waals surface area contributed by atoms with E-state index in [0.717, 1.165) is 5.56 Å². The van der Waals surface area contributed by atoms with E-state index in [1.807, 2.05) is 26.0 Å². The van der Waals surface area contributed by atoms with Crippen molar-refractivity contribution >= 4 is 11.9 Å². The van der Waals surface area contributed by atoms with Gasteiger partial charge in [-0.25, -0.2) is 9.59 Å². The van der Waals surface area contributed by atoms with Crippen LogP contribution < -0.4 is 9.47 Å². The fraction of sp³-hybridized carbons (Fsp3) is 0.130. The topological polar surface area (TPSA) is 72.8 Å². The van der Waals surface area contributed by atoms with Crippen LogP contribution in [-0.4, -0.2) is 17.0 Å². The molecule has 0 bridgehead atoms. The lowest BCUT2D eigenvalue weighted by molar-refractivity contribution is 0.0692. The molecule has 28 heavy (non-hydrogen) atoms. The molecule has 3 aromatic rings. The van der Waals surface area contributed by atoms with Gasteiger partial charge >= 0.3 is 11.9 Å². The van der Waals surface area contributed by atoms with Crippen molar-refractivity contribution in [2.45, 2.75) is 19.8 Å². The molecule has 0 saturated carbocycles. The van der Waals surface area contributed by atoms with Gasteiger partial charge in [0, 0.05) is 6.07 Å². The smallest absolute Gasteiger partial charge is 0.343 e. The zero-order valence-electron chi connectivity index (χ0n) is 15.6. The minimum atomic E-state index is -1.08. The maximum absolute atomic E-state index is 12.4. The van der Waals surface area contributed by atoms with Crippen molar-refractivity contribution in [3.05, 3.63) is 89.5 Å². The summed E-state index contributed by atoms with van der Waals surface area (Å²) in [6.07, 6.45) is 0. The van der Waals surface area contributed by atoms with Crippen molar-refractivity contribution in [3.63, 3.8) is 0 Å². The van der Waals surface area contributed by atoms with Crippen molar-refractivity contribution in [3.8, 4) is 17.2 Å². The van der Waals surface area contributed by atoms with Gasteiger partial charge in [-0.2, -0.15) is 0 Å². The number of rotatable bonds is 6. The normalized spacial score (nSPS) is 10.5. The van der Waals surface area contributed by atoms with Crippen LogP contribution in [0.3, 0.4) is 0 Å². The summed E-state index contributed by atoms with van der Waals surface area (Å²) >= 11 is 0. The molecule has 0 radical (unpaired) electrons. The van der Waals surface area contributed by atoms with Crippen LogP contribution in [0.5, 0.6) is 17.2 Å². The molecule has 0 fully saturated rings. The van der Waals surface area contributed by atoms with Crippen molar-refractivity contribution in [2.24, 2.45) is 0 Å². The van der Waals surface area contributed by atoms with Crippen LogP contribution in [0.4, 0.5) is 0 Å². The van der Waals surface area contributed by atoms with Gasteiger partial charge in [0.2, 0.25) is 0 Å². The molecule has 142 valence electrons. The molecule has 0 spiro atoms. The van der Waals surface area contributed by atoms with Gasteiger partial charge in [0.05, 0.1) is 5.56 Å². The first-order valence-corrected chi connectivity index (χ1v) is 8.86. The minimum absolute atomic E-state index is 0.0558. The minimum Gasteiger partial charge on any atom is -0.478 e. The Hall–Kier alpha value is -3.60. The summed E-state index contributed by atoms with van der Waals surface area (Å²) in [6.45, 7) is 4.01. The number of hydrogen-bond acceptors (Lipinski definition) is 4. The molecule has 1 N–H and O–H groups in total. The van der Waals surface area contributed by atoms with E-state index in [4.69, 9.17) is 9.47 Å². The molecule has 0 amide bonds. The summed E-state index contributed by atoms with van der Waals surface area (Å²) in [7, 11) is 0. The summed E-state index contributed by atoms with van der Waals surface area (Å²) in [5.41, 5.74) is 1.40. The predicted octanol–water partition coefficient (Wildman–Crippen LogP) is 5.52. The number of carbonyl (C=O) groups excluding carboxylic acids is 1. The molecular formula is C23H20O5. The molecule has 0 aliphatic heterocycles. The van der Waals surface area contributed by atoms with Crippen LogP contribution in [-0.2, 0) is 0 Å². The Morgan fingerprint density at radius 3 is 2.18 bits per heavy atom. The highest BCUT2D eigenvalue weighted by Crippen LogP contribution is 2.32. The lowest BCUT2D eigenvalue weighted by Gasteiger charge is -2.14. The zero-order valence-corrected chi connectivity index (χ0v) is 15.6. The summed E-state index contributed by atoms with van der Waals surface area (Å²) in [5.74, 6) is -0.438. The van der Waals surface area contributed by atoms with Crippen LogP contribution in [0.1, 0.15) is 46.0 Å². The van der Waals surface area contributed by atoms with Gasteiger partial charge in [-0.15, -0.1) is 0 Å². The Bertz CT molecular complexity index is 993. The fourth-order valence-electron chi connectivity index (χ4n) is 2.64. The molecular weight excluding hydrogens is 356 g/mol. The second-order valence-corrected chi connectivity index (χ2v) is 6.55. The van der Waals surface area contributed by atoms with Gasteiger partial charge in [0.1, 0.15) is 22.8 Å². The Kier molecular flexibility index (Phi) is 5.75. The molecule has 0 heterocycles. The predicted molar refractivity (Wildman–Crippen MR) is 105 cm³/mol. The number of aromatic carboxylic acids is 1. The summed E-state index contributed by atoms with van der Waals surface area (Å²) < 4.78 is 11.3. The van der Waals surface area contributed by atoms with Gasteiger partial charge in [-0.1, -0.05) is 44.2 Å². The molecule has 3 rings (SSSR count). The van der Waals surface area contributed by atoms with Crippen molar-refractivity contribution in [1.82, 2.24) is 0 Å². The maximum atomic E-state index is 12.4. The number of hydrogen-bond donors (Lipinski definition) is 1. The lowest BCUT2D eigenvalue weighted by atomic mass is 10.0. The first kappa shape index (κ1) is 19.2. The average Bonchev–Trinajstić information content (AvgIpc) is 2.68. The van der Waals surface area contributed by atoms with Crippen molar-refractivity contribution < 1.29 is 24.2 Å². The van der Waals surface area contributed by atoms with E-state index in [9.17, 15) is 14.7 Å². The van der Waals surface area contributed by atoms with Crippen LogP contribution in [0.25, 0.3) is 0 Å². The first-order chi connectivity index (χ1) is 13.4. The molecule has 5 nitrogen and oxygen atoms in total. The first-order valence-electron chi connectivity index (χ1n) is 8.86. The van der Waals surface area contributed by atoms with Gasteiger partial charge in [0.25, 0.3) is 0 Å². The average molecular weight is 376 g/mol. The number of ether oxygens (including phenoxy) is 2. The standard InChI is InChI=1S/C23H20O5/c1-15(2)17-12-18(27-21-11-7-6-10-20(21)22(24)25)14-19(13-17)28-23(26)16-8-4-3-5-9-16/h3-15H,1-2H3,(H,24,25). The Balaban J connectivity index is 1.92. The second kappa shape index (κ2) is 8.39. The van der Waals surface area contributed by atoms with Crippen LogP contribution in [0, 0.1) is 0 Å². The van der Waals surface area contributed by atoms with E-state index in [-0.39, 0.29) is 17.2 Å².